The number of amides is 1. The van der Waals surface area contributed by atoms with Crippen LogP contribution in [0.3, 0.4) is 0 Å². The van der Waals surface area contributed by atoms with E-state index in [-0.39, 0.29) is 18.3 Å². The molecule has 2 aromatic carbocycles. The summed E-state index contributed by atoms with van der Waals surface area (Å²) in [5, 5.41) is 3.17. The number of rotatable bonds is 4. The molecule has 1 fully saturated rings. The van der Waals surface area contributed by atoms with Crippen molar-refractivity contribution in [3.63, 3.8) is 0 Å². The molecule has 0 saturated carbocycles. The van der Waals surface area contributed by atoms with E-state index in [0.29, 0.717) is 13.2 Å². The van der Waals surface area contributed by atoms with Gasteiger partial charge < -0.3 is 19.7 Å². The highest BCUT2D eigenvalue weighted by Crippen LogP contribution is 2.24. The molecule has 128 valence electrons. The van der Waals surface area contributed by atoms with Crippen LogP contribution in [0, 0.1) is 0 Å². The maximum atomic E-state index is 12.4. The summed E-state index contributed by atoms with van der Waals surface area (Å²) in [7, 11) is 1.76. The monoisotopic (exact) mass is 348 g/mol. The molecular formula is C18H21ClN2O3. The normalized spacial score (nSPS) is 16.8. The van der Waals surface area contributed by atoms with Gasteiger partial charge in [0, 0.05) is 25.8 Å². The van der Waals surface area contributed by atoms with Gasteiger partial charge in [-0.3, -0.25) is 4.79 Å². The van der Waals surface area contributed by atoms with Gasteiger partial charge in [0.15, 0.2) is 0 Å². The van der Waals surface area contributed by atoms with Crippen LogP contribution in [-0.2, 0) is 9.53 Å². The van der Waals surface area contributed by atoms with Gasteiger partial charge in [-0.15, -0.1) is 12.4 Å². The zero-order chi connectivity index (χ0) is 16.1. The molecular weight excluding hydrogens is 328 g/mol. The molecule has 1 saturated heterocycles. The van der Waals surface area contributed by atoms with Gasteiger partial charge in [-0.25, -0.2) is 0 Å². The Hall–Kier alpha value is -2.08. The molecule has 1 amide bonds. The van der Waals surface area contributed by atoms with Crippen molar-refractivity contribution in [1.29, 1.82) is 0 Å². The molecule has 0 spiro atoms. The maximum absolute atomic E-state index is 12.4. The van der Waals surface area contributed by atoms with Gasteiger partial charge in [0.2, 0.25) is 0 Å². The lowest BCUT2D eigenvalue weighted by atomic mass is 10.2. The molecule has 0 radical (unpaired) electrons. The molecule has 1 aliphatic heterocycles. The Morgan fingerprint density at radius 1 is 1.12 bits per heavy atom. The van der Waals surface area contributed by atoms with E-state index in [9.17, 15) is 4.79 Å². The smallest absolute Gasteiger partial charge is 0.257 e. The molecule has 2 aromatic rings. The minimum Gasteiger partial charge on any atom is -0.457 e. The van der Waals surface area contributed by atoms with Crippen LogP contribution < -0.4 is 15.0 Å². The van der Waals surface area contributed by atoms with E-state index in [0.717, 1.165) is 23.7 Å². The summed E-state index contributed by atoms with van der Waals surface area (Å²) in [5.74, 6) is 1.47. The lowest BCUT2D eigenvalue weighted by Gasteiger charge is -2.27. The highest BCUT2D eigenvalue weighted by molar-refractivity contribution is 5.96. The third-order valence-electron chi connectivity index (χ3n) is 3.74. The van der Waals surface area contributed by atoms with Crippen molar-refractivity contribution in [1.82, 2.24) is 5.32 Å². The lowest BCUT2D eigenvalue weighted by Crippen LogP contribution is -2.48. The SMILES string of the molecule is CN(C(=O)C1CNCCO1)c1ccc(Oc2ccccc2)cc1.Cl. The van der Waals surface area contributed by atoms with Crippen molar-refractivity contribution < 1.29 is 14.3 Å². The van der Waals surface area contributed by atoms with Crippen molar-refractivity contribution in [2.24, 2.45) is 0 Å². The van der Waals surface area contributed by atoms with Crippen LogP contribution in [0.5, 0.6) is 11.5 Å². The quantitative estimate of drug-likeness (QED) is 0.923. The maximum Gasteiger partial charge on any atom is 0.257 e. The van der Waals surface area contributed by atoms with Crippen LogP contribution in [0.2, 0.25) is 0 Å². The number of para-hydroxylation sites is 1. The second-order valence-electron chi connectivity index (χ2n) is 5.37. The highest BCUT2D eigenvalue weighted by Gasteiger charge is 2.25. The number of nitrogens with zero attached hydrogens (tertiary/aromatic N) is 1. The minimum absolute atomic E-state index is 0. The largest absolute Gasteiger partial charge is 0.457 e. The Labute approximate surface area is 148 Å². The summed E-state index contributed by atoms with van der Waals surface area (Å²) in [6, 6.07) is 17.0. The molecule has 1 unspecified atom stereocenters. The van der Waals surface area contributed by atoms with Gasteiger partial charge in [-0.1, -0.05) is 18.2 Å². The van der Waals surface area contributed by atoms with Crippen molar-refractivity contribution in [2.45, 2.75) is 6.10 Å². The number of nitrogens with one attached hydrogen (secondary N) is 1. The number of benzene rings is 2. The van der Waals surface area contributed by atoms with Crippen LogP contribution in [0.4, 0.5) is 5.69 Å². The van der Waals surface area contributed by atoms with E-state index in [2.05, 4.69) is 5.32 Å². The summed E-state index contributed by atoms with van der Waals surface area (Å²) in [5.41, 5.74) is 0.810. The van der Waals surface area contributed by atoms with Gasteiger partial charge in [0.25, 0.3) is 5.91 Å². The summed E-state index contributed by atoms with van der Waals surface area (Å²) in [4.78, 5) is 14.0. The number of hydrogen-bond donors (Lipinski definition) is 1. The van der Waals surface area contributed by atoms with Crippen molar-refractivity contribution in [2.75, 3.05) is 31.6 Å². The van der Waals surface area contributed by atoms with Gasteiger partial charge in [0.05, 0.1) is 6.61 Å². The first kappa shape index (κ1) is 18.3. The third-order valence-corrected chi connectivity index (χ3v) is 3.74. The van der Waals surface area contributed by atoms with Gasteiger partial charge in [-0.2, -0.15) is 0 Å². The summed E-state index contributed by atoms with van der Waals surface area (Å²) < 4.78 is 11.3. The predicted molar refractivity (Wildman–Crippen MR) is 96.2 cm³/mol. The number of morpholine rings is 1. The Kier molecular flexibility index (Phi) is 6.61. The van der Waals surface area contributed by atoms with E-state index < -0.39 is 6.10 Å². The van der Waals surface area contributed by atoms with Crippen LogP contribution in [0.15, 0.2) is 54.6 Å². The van der Waals surface area contributed by atoms with E-state index in [1.807, 2.05) is 54.6 Å². The molecule has 0 aliphatic carbocycles. The zero-order valence-corrected chi connectivity index (χ0v) is 14.3. The van der Waals surface area contributed by atoms with Gasteiger partial charge >= 0.3 is 0 Å². The van der Waals surface area contributed by atoms with E-state index in [1.54, 1.807) is 11.9 Å². The van der Waals surface area contributed by atoms with Crippen LogP contribution in [0.25, 0.3) is 0 Å². The Balaban J connectivity index is 0.00000208. The number of likely N-dealkylation sites (N-methyl/N-ethyl adjacent to an activating group) is 1. The first-order chi connectivity index (χ1) is 11.2. The fourth-order valence-corrected chi connectivity index (χ4v) is 2.43. The third kappa shape index (κ3) is 4.47. The fraction of sp³-hybridized carbons (Fsp3) is 0.278. The minimum atomic E-state index is -0.422. The second kappa shape index (κ2) is 8.68. The number of carbonyl (C=O) groups excluding carboxylic acids is 1. The number of hydrogen-bond acceptors (Lipinski definition) is 4. The van der Waals surface area contributed by atoms with Gasteiger partial charge in [-0.05, 0) is 36.4 Å². The average Bonchev–Trinajstić information content (AvgIpc) is 2.63. The highest BCUT2D eigenvalue weighted by atomic mass is 35.5. The molecule has 0 aromatic heterocycles. The Bertz CT molecular complexity index is 643. The van der Waals surface area contributed by atoms with Crippen LogP contribution >= 0.6 is 12.4 Å². The van der Waals surface area contributed by atoms with Crippen molar-refractivity contribution in [3.05, 3.63) is 54.6 Å². The molecule has 6 heteroatoms. The number of carbonyl (C=O) groups is 1. The zero-order valence-electron chi connectivity index (χ0n) is 13.5. The fourth-order valence-electron chi connectivity index (χ4n) is 2.43. The lowest BCUT2D eigenvalue weighted by molar-refractivity contribution is -0.131. The van der Waals surface area contributed by atoms with Crippen LogP contribution in [0.1, 0.15) is 0 Å². The molecule has 3 rings (SSSR count). The summed E-state index contributed by atoms with van der Waals surface area (Å²) in [6.07, 6.45) is -0.422. The summed E-state index contributed by atoms with van der Waals surface area (Å²) >= 11 is 0. The number of halogens is 1. The predicted octanol–water partition coefficient (Wildman–Crippen LogP) is 2.85. The molecule has 1 N–H and O–H groups in total. The molecule has 24 heavy (non-hydrogen) atoms. The van der Waals surface area contributed by atoms with Crippen molar-refractivity contribution >= 4 is 24.0 Å². The first-order valence-corrected chi connectivity index (χ1v) is 7.67. The van der Waals surface area contributed by atoms with Crippen LogP contribution in [-0.4, -0.2) is 38.8 Å². The molecule has 1 aliphatic rings. The van der Waals surface area contributed by atoms with E-state index in [4.69, 9.17) is 9.47 Å². The first-order valence-electron chi connectivity index (χ1n) is 7.67. The number of ether oxygens (including phenoxy) is 2. The van der Waals surface area contributed by atoms with Gasteiger partial charge in [0.1, 0.15) is 17.6 Å². The molecule has 5 nitrogen and oxygen atoms in total. The Morgan fingerprint density at radius 2 is 1.79 bits per heavy atom. The number of anilines is 1. The average molecular weight is 349 g/mol. The second-order valence-corrected chi connectivity index (χ2v) is 5.37. The molecule has 0 bridgehead atoms. The Morgan fingerprint density at radius 3 is 2.42 bits per heavy atom. The van der Waals surface area contributed by atoms with E-state index in [1.165, 1.54) is 0 Å². The summed E-state index contributed by atoms with van der Waals surface area (Å²) in [6.45, 7) is 1.91. The standard InChI is InChI=1S/C18H20N2O3.ClH/c1-20(18(21)17-13-19-11-12-22-17)14-7-9-16(10-8-14)23-15-5-3-2-4-6-15;/h2-10,17,19H,11-13H2,1H3;1H. The van der Waals surface area contributed by atoms with E-state index >= 15 is 0 Å². The molecule has 1 atom stereocenters. The molecule has 1 heterocycles. The van der Waals surface area contributed by atoms with Crippen molar-refractivity contribution in [3.8, 4) is 11.5 Å². The topological polar surface area (TPSA) is 50.8 Å².